The molecular weight excluding hydrogens is 318 g/mol. The zero-order valence-corrected chi connectivity index (χ0v) is 16.0. The highest BCUT2D eigenvalue weighted by Crippen LogP contribution is 2.19. The van der Waals surface area contributed by atoms with Crippen molar-refractivity contribution in [3.63, 3.8) is 0 Å². The fourth-order valence-electron chi connectivity index (χ4n) is 2.01. The minimum Gasteiger partial charge on any atom is -0.486 e. The summed E-state index contributed by atoms with van der Waals surface area (Å²) < 4.78 is 9.04. The van der Waals surface area contributed by atoms with Crippen LogP contribution in [0.15, 0.2) is 46.2 Å². The molecule has 0 heterocycles. The van der Waals surface area contributed by atoms with Gasteiger partial charge in [0.15, 0.2) is 5.84 Å². The summed E-state index contributed by atoms with van der Waals surface area (Å²) in [4.78, 5) is 8.86. The average molecular weight is 346 g/mol. The zero-order chi connectivity index (χ0) is 17.8. The fraction of sp³-hybridized carbons (Fsp3) is 0.368. The smallest absolute Gasteiger partial charge is 0.167 e. The molecule has 0 amide bonds. The van der Waals surface area contributed by atoms with Gasteiger partial charge in [0.2, 0.25) is 0 Å². The molecule has 1 aromatic rings. The fourth-order valence-corrected chi connectivity index (χ4v) is 2.35. The summed E-state index contributed by atoms with van der Waals surface area (Å²) in [5, 5.41) is 0. The molecule has 4 nitrogen and oxygen atoms in total. The van der Waals surface area contributed by atoms with Crippen LogP contribution in [0.4, 0.5) is 0 Å². The second-order valence-electron chi connectivity index (χ2n) is 5.03. The van der Waals surface area contributed by atoms with Gasteiger partial charge < -0.3 is 9.46 Å². The lowest BCUT2D eigenvalue weighted by atomic mass is 10.1. The first-order valence-corrected chi connectivity index (χ1v) is 9.28. The minimum absolute atomic E-state index is 0.319. The number of amidine groups is 1. The Hall–Kier alpha value is -2.01. The van der Waals surface area contributed by atoms with Gasteiger partial charge in [0, 0.05) is 12.5 Å². The molecule has 1 aromatic carbocycles. The minimum atomic E-state index is 0.319. The number of nitrogens with zero attached hydrogens (tertiary/aromatic N) is 2. The lowest BCUT2D eigenvalue weighted by Gasteiger charge is -2.09. The molecule has 0 aliphatic rings. The molecule has 0 unspecified atom stereocenters. The molecule has 130 valence electrons. The van der Waals surface area contributed by atoms with E-state index in [9.17, 15) is 0 Å². The topological polar surface area (TPSA) is 46.0 Å². The number of aliphatic imine (C=N–C) groups is 2. The molecule has 0 aliphatic heterocycles. The van der Waals surface area contributed by atoms with Gasteiger partial charge in [-0.15, -0.1) is 0 Å². The largest absolute Gasteiger partial charge is 0.486 e. The molecule has 0 spiro atoms. The first kappa shape index (κ1) is 20.0. The van der Waals surface area contributed by atoms with Crippen molar-refractivity contribution in [2.24, 2.45) is 9.98 Å². The maximum atomic E-state index is 5.88. The number of allylic oxidation sites excluding steroid dienone is 2. The van der Waals surface area contributed by atoms with Crippen LogP contribution >= 0.6 is 11.9 Å². The second kappa shape index (κ2) is 11.5. The van der Waals surface area contributed by atoms with Crippen LogP contribution in [-0.4, -0.2) is 24.9 Å². The van der Waals surface area contributed by atoms with Gasteiger partial charge in [0.25, 0.3) is 0 Å². The predicted molar refractivity (Wildman–Crippen MR) is 108 cm³/mol. The number of aryl methyl sites for hydroxylation is 1. The quantitative estimate of drug-likeness (QED) is 0.409. The van der Waals surface area contributed by atoms with Crippen LogP contribution < -0.4 is 9.46 Å². The Bertz CT molecular complexity index is 633. The van der Waals surface area contributed by atoms with E-state index < -0.39 is 0 Å². The maximum absolute atomic E-state index is 5.88. The predicted octanol–water partition coefficient (Wildman–Crippen LogP) is 5.02. The van der Waals surface area contributed by atoms with Crippen molar-refractivity contribution in [2.75, 3.05) is 12.9 Å². The van der Waals surface area contributed by atoms with Gasteiger partial charge >= 0.3 is 0 Å². The molecule has 24 heavy (non-hydrogen) atoms. The summed E-state index contributed by atoms with van der Waals surface area (Å²) in [5.41, 5.74) is 2.38. The molecule has 1 rings (SSSR count). The van der Waals surface area contributed by atoms with Gasteiger partial charge in [0.1, 0.15) is 18.2 Å². The highest BCUT2D eigenvalue weighted by Gasteiger charge is 2.03. The Morgan fingerprint density at radius 2 is 2.12 bits per heavy atom. The molecule has 0 fully saturated rings. The lowest BCUT2D eigenvalue weighted by Crippen LogP contribution is -2.12. The summed E-state index contributed by atoms with van der Waals surface area (Å²) in [6.45, 7) is 8.36. The normalized spacial score (nSPS) is 13.0. The van der Waals surface area contributed by atoms with Crippen molar-refractivity contribution in [2.45, 2.75) is 34.1 Å². The SMILES string of the molecule is CC=N/C(COc1ccc(C)c(/C=C\C)c1)=N\C(=C\CC)NSC. The van der Waals surface area contributed by atoms with E-state index in [1.165, 1.54) is 17.5 Å². The van der Waals surface area contributed by atoms with E-state index in [4.69, 9.17) is 4.74 Å². The van der Waals surface area contributed by atoms with Crippen LogP contribution in [-0.2, 0) is 0 Å². The molecule has 0 aromatic heterocycles. The van der Waals surface area contributed by atoms with E-state index in [-0.39, 0.29) is 0 Å². The van der Waals surface area contributed by atoms with Crippen LogP contribution in [0.5, 0.6) is 5.75 Å². The van der Waals surface area contributed by atoms with E-state index in [1.807, 2.05) is 44.4 Å². The zero-order valence-electron chi connectivity index (χ0n) is 15.2. The van der Waals surface area contributed by atoms with E-state index in [0.29, 0.717) is 12.4 Å². The molecule has 0 saturated carbocycles. The van der Waals surface area contributed by atoms with Crippen LogP contribution in [0.3, 0.4) is 0 Å². The molecule has 0 radical (unpaired) electrons. The van der Waals surface area contributed by atoms with Gasteiger partial charge in [-0.05, 0) is 56.5 Å². The summed E-state index contributed by atoms with van der Waals surface area (Å²) in [6.07, 6.45) is 10.7. The van der Waals surface area contributed by atoms with Crippen molar-refractivity contribution in [3.8, 4) is 5.75 Å². The van der Waals surface area contributed by atoms with Gasteiger partial charge in [-0.3, -0.25) is 0 Å². The second-order valence-corrected chi connectivity index (χ2v) is 5.64. The number of hydrogen-bond donors (Lipinski definition) is 1. The Labute approximate surface area is 150 Å². The Balaban J connectivity index is 2.90. The van der Waals surface area contributed by atoms with Gasteiger partial charge in [-0.1, -0.05) is 37.1 Å². The Morgan fingerprint density at radius 1 is 1.33 bits per heavy atom. The van der Waals surface area contributed by atoms with E-state index in [1.54, 1.807) is 6.21 Å². The van der Waals surface area contributed by atoms with Crippen LogP contribution in [0.2, 0.25) is 0 Å². The van der Waals surface area contributed by atoms with Crippen molar-refractivity contribution in [1.29, 1.82) is 0 Å². The van der Waals surface area contributed by atoms with Crippen molar-refractivity contribution in [3.05, 3.63) is 47.3 Å². The third-order valence-corrected chi connectivity index (χ3v) is 3.51. The number of ether oxygens (including phenoxy) is 1. The van der Waals surface area contributed by atoms with E-state index in [2.05, 4.69) is 40.7 Å². The van der Waals surface area contributed by atoms with E-state index >= 15 is 0 Å². The van der Waals surface area contributed by atoms with Crippen LogP contribution in [0.25, 0.3) is 6.08 Å². The molecule has 0 saturated heterocycles. The molecule has 0 aliphatic carbocycles. The lowest BCUT2D eigenvalue weighted by molar-refractivity contribution is 0.375. The van der Waals surface area contributed by atoms with Gasteiger partial charge in [-0.25, -0.2) is 9.98 Å². The summed E-state index contributed by atoms with van der Waals surface area (Å²) in [7, 11) is 0. The highest BCUT2D eigenvalue weighted by molar-refractivity contribution is 7.96. The Kier molecular flexibility index (Phi) is 9.61. The molecular formula is C19H27N3OS. The van der Waals surface area contributed by atoms with E-state index in [0.717, 1.165) is 23.6 Å². The van der Waals surface area contributed by atoms with Gasteiger partial charge in [-0.2, -0.15) is 0 Å². The number of hydrogen-bond acceptors (Lipinski definition) is 4. The van der Waals surface area contributed by atoms with Crippen molar-refractivity contribution in [1.82, 2.24) is 4.72 Å². The average Bonchev–Trinajstić information content (AvgIpc) is 2.56. The Morgan fingerprint density at radius 3 is 2.75 bits per heavy atom. The van der Waals surface area contributed by atoms with Crippen LogP contribution in [0.1, 0.15) is 38.3 Å². The number of nitrogens with one attached hydrogen (secondary N) is 1. The third kappa shape index (κ3) is 7.04. The van der Waals surface area contributed by atoms with Crippen molar-refractivity contribution < 1.29 is 4.74 Å². The molecule has 0 bridgehead atoms. The summed E-state index contributed by atoms with van der Waals surface area (Å²) >= 11 is 1.51. The monoisotopic (exact) mass is 345 g/mol. The summed E-state index contributed by atoms with van der Waals surface area (Å²) in [5.74, 6) is 2.24. The van der Waals surface area contributed by atoms with Crippen LogP contribution in [0, 0.1) is 6.92 Å². The number of rotatable bonds is 8. The molecule has 5 heteroatoms. The summed E-state index contributed by atoms with van der Waals surface area (Å²) in [6, 6.07) is 6.06. The molecule has 1 N–H and O–H groups in total. The van der Waals surface area contributed by atoms with Crippen molar-refractivity contribution >= 4 is 30.1 Å². The first-order chi connectivity index (χ1) is 11.6. The molecule has 0 atom stereocenters. The van der Waals surface area contributed by atoms with Gasteiger partial charge in [0.05, 0.1) is 0 Å². The standard InChI is InChI=1S/C19H27N3OS/c1-6-9-16-13-17(12-11-15(16)4)23-14-19(20-8-3)21-18(10-7-2)22-24-5/h6,8-13,22H,7,14H2,1-5H3/b9-6-,18-10-,20-8?,21-19-. The first-order valence-electron chi connectivity index (χ1n) is 8.06. The third-order valence-electron chi connectivity index (χ3n) is 3.10. The highest BCUT2D eigenvalue weighted by atomic mass is 32.2. The number of benzene rings is 1. The maximum Gasteiger partial charge on any atom is 0.167 e.